The fraction of sp³-hybridized carbons (Fsp3) is 0.222. The molecule has 1 aromatic heterocycles. The average Bonchev–Trinajstić information content (AvgIpc) is 3.01. The highest BCUT2D eigenvalue weighted by atomic mass is 32.1. The van der Waals surface area contributed by atoms with Crippen molar-refractivity contribution >= 4 is 44.6 Å². The Balaban J connectivity index is 1.75. The number of para-hydroxylation sites is 1. The topological polar surface area (TPSA) is 28.2 Å². The number of rotatable bonds is 3. The average molecular weight is 359 g/mol. The van der Waals surface area contributed by atoms with E-state index in [9.17, 15) is 4.39 Å². The maximum Gasteiger partial charge on any atom is 0.173 e. The molecule has 3 rings (SSSR count). The number of thiazole rings is 1. The minimum Gasteiger partial charge on any atom is -0.343 e. The summed E-state index contributed by atoms with van der Waals surface area (Å²) in [6.07, 6.45) is 0. The first-order valence-corrected chi connectivity index (χ1v) is 8.83. The highest BCUT2D eigenvalue weighted by molar-refractivity contribution is 7.80. The number of hydrogen-bond donors (Lipinski definition) is 1. The number of aromatic nitrogens is 1. The van der Waals surface area contributed by atoms with E-state index in [2.05, 4.69) is 23.3 Å². The largest absolute Gasteiger partial charge is 0.343 e. The molecular weight excluding hydrogens is 341 g/mol. The predicted molar refractivity (Wildman–Crippen MR) is 103 cm³/mol. The van der Waals surface area contributed by atoms with Crippen molar-refractivity contribution in [1.82, 2.24) is 9.88 Å². The summed E-state index contributed by atoms with van der Waals surface area (Å²) in [5.74, 6) is -0.246. The summed E-state index contributed by atoms with van der Waals surface area (Å²) in [7, 11) is 1.91. The molecule has 0 spiro atoms. The Hall–Kier alpha value is -2.05. The molecule has 0 radical (unpaired) electrons. The molecule has 24 heavy (non-hydrogen) atoms. The van der Waals surface area contributed by atoms with Gasteiger partial charge in [-0.05, 0) is 55.9 Å². The van der Waals surface area contributed by atoms with Gasteiger partial charge in [-0.1, -0.05) is 18.2 Å². The molecule has 124 valence electrons. The van der Waals surface area contributed by atoms with Gasteiger partial charge in [0, 0.05) is 12.7 Å². The van der Waals surface area contributed by atoms with Crippen LogP contribution in [0.5, 0.6) is 0 Å². The molecule has 0 aliphatic heterocycles. The number of thiocarbonyl (C=S) groups is 1. The van der Waals surface area contributed by atoms with Gasteiger partial charge >= 0.3 is 0 Å². The summed E-state index contributed by atoms with van der Waals surface area (Å²) in [5, 5.41) is 4.62. The molecule has 1 atom stereocenters. The molecule has 0 fully saturated rings. The Labute approximate surface area is 150 Å². The van der Waals surface area contributed by atoms with Gasteiger partial charge in [0.2, 0.25) is 0 Å². The van der Waals surface area contributed by atoms with Crippen LogP contribution in [0.25, 0.3) is 10.2 Å². The highest BCUT2D eigenvalue weighted by Crippen LogP contribution is 2.29. The van der Waals surface area contributed by atoms with E-state index in [1.165, 1.54) is 6.07 Å². The minimum atomic E-state index is -0.246. The molecule has 0 bridgehead atoms. The van der Waals surface area contributed by atoms with Crippen LogP contribution < -0.4 is 5.32 Å². The lowest BCUT2D eigenvalue weighted by molar-refractivity contribution is 0.407. The van der Waals surface area contributed by atoms with E-state index < -0.39 is 0 Å². The van der Waals surface area contributed by atoms with Gasteiger partial charge in [0.1, 0.15) is 10.8 Å². The molecule has 0 saturated heterocycles. The third kappa shape index (κ3) is 3.39. The van der Waals surface area contributed by atoms with Crippen LogP contribution in [0.15, 0.2) is 42.5 Å². The van der Waals surface area contributed by atoms with E-state index in [0.717, 1.165) is 15.2 Å². The van der Waals surface area contributed by atoms with Gasteiger partial charge < -0.3 is 10.2 Å². The Morgan fingerprint density at radius 1 is 1.29 bits per heavy atom. The van der Waals surface area contributed by atoms with E-state index in [-0.39, 0.29) is 11.9 Å². The maximum atomic E-state index is 13.7. The van der Waals surface area contributed by atoms with Crippen LogP contribution in [-0.4, -0.2) is 22.0 Å². The third-order valence-corrected chi connectivity index (χ3v) is 5.59. The zero-order valence-corrected chi connectivity index (χ0v) is 15.3. The van der Waals surface area contributed by atoms with Crippen molar-refractivity contribution < 1.29 is 4.39 Å². The van der Waals surface area contributed by atoms with Crippen LogP contribution in [0.1, 0.15) is 23.5 Å². The molecule has 0 saturated carbocycles. The fourth-order valence-corrected chi connectivity index (χ4v) is 3.63. The number of halogens is 1. The molecule has 3 nitrogen and oxygen atoms in total. The van der Waals surface area contributed by atoms with Gasteiger partial charge in [0.05, 0.1) is 16.3 Å². The number of hydrogen-bond acceptors (Lipinski definition) is 3. The molecule has 0 aliphatic rings. The van der Waals surface area contributed by atoms with E-state index in [0.29, 0.717) is 16.4 Å². The molecular formula is C18H18FN3S2. The lowest BCUT2D eigenvalue weighted by Crippen LogP contribution is -2.33. The molecule has 0 unspecified atom stereocenters. The van der Waals surface area contributed by atoms with Gasteiger partial charge in [-0.25, -0.2) is 9.37 Å². The van der Waals surface area contributed by atoms with Gasteiger partial charge in [-0.2, -0.15) is 0 Å². The number of nitrogens with zero attached hydrogens (tertiary/aromatic N) is 2. The molecule has 1 N–H and O–H groups in total. The van der Waals surface area contributed by atoms with Crippen molar-refractivity contribution in [3.8, 4) is 0 Å². The third-order valence-electron chi connectivity index (χ3n) is 3.99. The molecule has 6 heteroatoms. The Morgan fingerprint density at radius 2 is 2.04 bits per heavy atom. The summed E-state index contributed by atoms with van der Waals surface area (Å²) >= 11 is 7.12. The molecule has 2 aromatic carbocycles. The van der Waals surface area contributed by atoms with Gasteiger partial charge in [0.25, 0.3) is 0 Å². The van der Waals surface area contributed by atoms with E-state index in [1.54, 1.807) is 24.3 Å². The Morgan fingerprint density at radius 3 is 2.75 bits per heavy atom. The summed E-state index contributed by atoms with van der Waals surface area (Å²) < 4.78 is 14.8. The zero-order chi connectivity index (χ0) is 17.3. The number of aryl methyl sites for hydroxylation is 1. The minimum absolute atomic E-state index is 0.0256. The molecule has 1 heterocycles. The van der Waals surface area contributed by atoms with Gasteiger partial charge in [0.15, 0.2) is 5.11 Å². The molecule has 0 amide bonds. The lowest BCUT2D eigenvalue weighted by atomic mass is 10.2. The first kappa shape index (κ1) is 16.8. The van der Waals surface area contributed by atoms with Crippen LogP contribution in [0.3, 0.4) is 0 Å². The van der Waals surface area contributed by atoms with Crippen molar-refractivity contribution in [2.75, 3.05) is 12.4 Å². The second-order valence-corrected chi connectivity index (χ2v) is 7.15. The standard InChI is InChI=1S/C18H18FN3S2/c1-11-8-9-13(10-14(11)19)20-18(23)22(3)12(2)17-21-15-6-4-5-7-16(15)24-17/h4-10,12H,1-3H3,(H,20,23)/t12-/m1/s1. The second-order valence-electron chi connectivity index (χ2n) is 5.70. The van der Waals surface area contributed by atoms with Crippen LogP contribution in [0.2, 0.25) is 0 Å². The van der Waals surface area contributed by atoms with E-state index in [4.69, 9.17) is 12.2 Å². The van der Waals surface area contributed by atoms with Crippen LogP contribution in [0.4, 0.5) is 10.1 Å². The SMILES string of the molecule is Cc1ccc(NC(=S)N(C)[C@H](C)c2nc3ccccc3s2)cc1F. The summed E-state index contributed by atoms with van der Waals surface area (Å²) in [5.41, 5.74) is 2.26. The normalized spacial score (nSPS) is 12.2. The number of fused-ring (bicyclic) bond motifs is 1. The summed E-state index contributed by atoms with van der Waals surface area (Å²) in [4.78, 5) is 6.61. The maximum absolute atomic E-state index is 13.7. The monoisotopic (exact) mass is 359 g/mol. The number of nitrogens with one attached hydrogen (secondary N) is 1. The highest BCUT2D eigenvalue weighted by Gasteiger charge is 2.18. The predicted octanol–water partition coefficient (Wildman–Crippen LogP) is 5.13. The van der Waals surface area contributed by atoms with Crippen LogP contribution in [0, 0.1) is 12.7 Å². The molecule has 3 aromatic rings. The first-order valence-electron chi connectivity index (χ1n) is 7.61. The molecule has 0 aliphatic carbocycles. The van der Waals surface area contributed by atoms with Crippen LogP contribution in [-0.2, 0) is 0 Å². The lowest BCUT2D eigenvalue weighted by Gasteiger charge is -2.26. The zero-order valence-electron chi connectivity index (χ0n) is 13.7. The summed E-state index contributed by atoms with van der Waals surface area (Å²) in [6.45, 7) is 3.79. The van der Waals surface area contributed by atoms with E-state index in [1.807, 2.05) is 36.2 Å². The second kappa shape index (κ2) is 6.83. The van der Waals surface area contributed by atoms with Crippen LogP contribution >= 0.6 is 23.6 Å². The first-order chi connectivity index (χ1) is 11.5. The van der Waals surface area contributed by atoms with Crippen molar-refractivity contribution in [2.24, 2.45) is 0 Å². The number of anilines is 1. The van der Waals surface area contributed by atoms with Gasteiger partial charge in [-0.15, -0.1) is 11.3 Å². The smallest absolute Gasteiger partial charge is 0.173 e. The van der Waals surface area contributed by atoms with Crippen molar-refractivity contribution in [1.29, 1.82) is 0 Å². The van der Waals surface area contributed by atoms with Crippen molar-refractivity contribution in [2.45, 2.75) is 19.9 Å². The Kier molecular flexibility index (Phi) is 4.78. The van der Waals surface area contributed by atoms with Gasteiger partial charge in [-0.3, -0.25) is 0 Å². The quantitative estimate of drug-likeness (QED) is 0.656. The fourth-order valence-electron chi connectivity index (χ4n) is 2.29. The van der Waals surface area contributed by atoms with Crippen molar-refractivity contribution in [3.05, 3.63) is 58.9 Å². The summed E-state index contributed by atoms with van der Waals surface area (Å²) in [6, 6.07) is 13.1. The number of benzene rings is 2. The van der Waals surface area contributed by atoms with E-state index >= 15 is 0 Å². The van der Waals surface area contributed by atoms with Crippen molar-refractivity contribution in [3.63, 3.8) is 0 Å². The Bertz CT molecular complexity index is 858.